The zero-order chi connectivity index (χ0) is 21.1. The molecule has 30 heavy (non-hydrogen) atoms. The average Bonchev–Trinajstić information content (AvgIpc) is 3.36. The fraction of sp³-hybridized carbons (Fsp3) is 0.217. The first-order chi connectivity index (χ1) is 14.6. The second-order valence-corrected chi connectivity index (χ2v) is 6.84. The number of para-hydroxylation sites is 1. The lowest BCUT2D eigenvalue weighted by atomic mass is 10.1. The van der Waals surface area contributed by atoms with Gasteiger partial charge >= 0.3 is 0 Å². The van der Waals surface area contributed by atoms with E-state index in [1.165, 1.54) is 0 Å². The van der Waals surface area contributed by atoms with Gasteiger partial charge in [0.2, 0.25) is 6.79 Å². The molecule has 1 amide bonds. The van der Waals surface area contributed by atoms with Crippen LogP contribution in [0.4, 0.5) is 5.69 Å². The molecule has 1 aliphatic heterocycles. The summed E-state index contributed by atoms with van der Waals surface area (Å²) in [5.74, 6) is 2.19. The number of amides is 1. The maximum atomic E-state index is 13.6. The SMILES string of the molecule is C=CCOc1ccccc1CN(C(=O)c1c(C)noc1C)c1ccc2c(c1)OCO2. The molecule has 4 rings (SSSR count). The van der Waals surface area contributed by atoms with Gasteiger partial charge in [-0.15, -0.1) is 0 Å². The lowest BCUT2D eigenvalue weighted by Crippen LogP contribution is -2.31. The van der Waals surface area contributed by atoms with Gasteiger partial charge in [0.05, 0.1) is 12.2 Å². The van der Waals surface area contributed by atoms with E-state index in [9.17, 15) is 4.79 Å². The van der Waals surface area contributed by atoms with Gasteiger partial charge < -0.3 is 23.6 Å². The number of benzene rings is 2. The van der Waals surface area contributed by atoms with Gasteiger partial charge in [0.15, 0.2) is 11.5 Å². The van der Waals surface area contributed by atoms with Crippen molar-refractivity contribution in [3.63, 3.8) is 0 Å². The Labute approximate surface area is 174 Å². The number of hydrogen-bond donors (Lipinski definition) is 0. The Balaban J connectivity index is 1.75. The van der Waals surface area contributed by atoms with E-state index in [-0.39, 0.29) is 19.2 Å². The summed E-state index contributed by atoms with van der Waals surface area (Å²) < 4.78 is 21.9. The van der Waals surface area contributed by atoms with Crippen LogP contribution in [0.5, 0.6) is 17.2 Å². The second-order valence-electron chi connectivity index (χ2n) is 6.84. The highest BCUT2D eigenvalue weighted by Gasteiger charge is 2.27. The summed E-state index contributed by atoms with van der Waals surface area (Å²) in [5, 5.41) is 3.93. The van der Waals surface area contributed by atoms with Gasteiger partial charge in [0.1, 0.15) is 23.7 Å². The minimum Gasteiger partial charge on any atom is -0.489 e. The van der Waals surface area contributed by atoms with Crippen molar-refractivity contribution in [3.8, 4) is 17.2 Å². The van der Waals surface area contributed by atoms with Crippen molar-refractivity contribution < 1.29 is 23.5 Å². The highest BCUT2D eigenvalue weighted by atomic mass is 16.7. The maximum Gasteiger partial charge on any atom is 0.264 e. The summed E-state index contributed by atoms with van der Waals surface area (Å²) in [6.07, 6.45) is 1.68. The van der Waals surface area contributed by atoms with Crippen molar-refractivity contribution in [3.05, 3.63) is 77.7 Å². The topological polar surface area (TPSA) is 74.0 Å². The lowest BCUT2D eigenvalue weighted by molar-refractivity contribution is 0.0983. The Morgan fingerprint density at radius 3 is 2.77 bits per heavy atom. The van der Waals surface area contributed by atoms with Crippen LogP contribution in [0.2, 0.25) is 0 Å². The molecule has 0 spiro atoms. The molecule has 2 heterocycles. The van der Waals surface area contributed by atoms with E-state index < -0.39 is 0 Å². The molecule has 0 bridgehead atoms. The quantitative estimate of drug-likeness (QED) is 0.541. The van der Waals surface area contributed by atoms with Gasteiger partial charge in [-0.1, -0.05) is 36.0 Å². The predicted molar refractivity (Wildman–Crippen MR) is 111 cm³/mol. The largest absolute Gasteiger partial charge is 0.489 e. The molecular formula is C23H22N2O5. The predicted octanol–water partition coefficient (Wildman–Crippen LogP) is 4.43. The van der Waals surface area contributed by atoms with E-state index in [2.05, 4.69) is 11.7 Å². The first-order valence-corrected chi connectivity index (χ1v) is 9.54. The molecule has 0 fully saturated rings. The van der Waals surface area contributed by atoms with E-state index >= 15 is 0 Å². The molecule has 0 aliphatic carbocycles. The van der Waals surface area contributed by atoms with Gasteiger partial charge in [-0.3, -0.25) is 4.79 Å². The van der Waals surface area contributed by atoms with Crippen LogP contribution in [-0.4, -0.2) is 24.5 Å². The molecule has 154 valence electrons. The second kappa shape index (κ2) is 8.32. The summed E-state index contributed by atoms with van der Waals surface area (Å²) in [4.78, 5) is 15.2. The zero-order valence-electron chi connectivity index (χ0n) is 16.9. The standard InChI is InChI=1S/C23H22N2O5/c1-4-11-27-19-8-6-5-7-17(19)13-25(23(26)22-15(2)24-30-16(22)3)18-9-10-20-21(12-18)29-14-28-20/h4-10,12H,1,11,13-14H2,2-3H3. The molecule has 0 radical (unpaired) electrons. The first-order valence-electron chi connectivity index (χ1n) is 9.54. The fourth-order valence-electron chi connectivity index (χ4n) is 3.35. The highest BCUT2D eigenvalue weighted by molar-refractivity contribution is 6.07. The number of ether oxygens (including phenoxy) is 3. The Kier molecular flexibility index (Phi) is 5.43. The number of rotatable bonds is 7. The van der Waals surface area contributed by atoms with E-state index in [1.807, 2.05) is 30.3 Å². The van der Waals surface area contributed by atoms with Gasteiger partial charge in [-0.2, -0.15) is 0 Å². The number of carbonyl (C=O) groups is 1. The number of aryl methyl sites for hydroxylation is 2. The summed E-state index contributed by atoms with van der Waals surface area (Å²) in [7, 11) is 0. The molecule has 0 saturated carbocycles. The van der Waals surface area contributed by atoms with E-state index in [0.717, 1.165) is 5.56 Å². The van der Waals surface area contributed by atoms with Crippen molar-refractivity contribution in [2.75, 3.05) is 18.3 Å². The van der Waals surface area contributed by atoms with Crippen molar-refractivity contribution in [1.82, 2.24) is 5.16 Å². The number of anilines is 1. The first kappa shape index (κ1) is 19.6. The molecule has 0 N–H and O–H groups in total. The molecule has 0 unspecified atom stereocenters. The third-order valence-corrected chi connectivity index (χ3v) is 4.82. The Morgan fingerprint density at radius 2 is 2.00 bits per heavy atom. The molecule has 3 aromatic rings. The molecule has 0 atom stereocenters. The number of fused-ring (bicyclic) bond motifs is 1. The molecular weight excluding hydrogens is 384 g/mol. The third-order valence-electron chi connectivity index (χ3n) is 4.82. The molecule has 0 saturated heterocycles. The number of carbonyl (C=O) groups excluding carboxylic acids is 1. The van der Waals surface area contributed by atoms with Crippen molar-refractivity contribution >= 4 is 11.6 Å². The van der Waals surface area contributed by atoms with Crippen LogP contribution in [0, 0.1) is 13.8 Å². The smallest absolute Gasteiger partial charge is 0.264 e. The van der Waals surface area contributed by atoms with E-state index in [4.69, 9.17) is 18.7 Å². The molecule has 2 aromatic carbocycles. The monoisotopic (exact) mass is 406 g/mol. The number of nitrogens with zero attached hydrogens (tertiary/aromatic N) is 2. The van der Waals surface area contributed by atoms with Crippen molar-refractivity contribution in [1.29, 1.82) is 0 Å². The van der Waals surface area contributed by atoms with Crippen molar-refractivity contribution in [2.24, 2.45) is 0 Å². The number of aromatic nitrogens is 1. The normalized spacial score (nSPS) is 11.9. The van der Waals surface area contributed by atoms with Gasteiger partial charge in [0, 0.05) is 17.3 Å². The van der Waals surface area contributed by atoms with Gasteiger partial charge in [-0.25, -0.2) is 0 Å². The maximum absolute atomic E-state index is 13.6. The summed E-state index contributed by atoms with van der Waals surface area (Å²) in [6, 6.07) is 13.0. The highest BCUT2D eigenvalue weighted by Crippen LogP contribution is 2.37. The molecule has 7 nitrogen and oxygen atoms in total. The van der Waals surface area contributed by atoms with Crippen LogP contribution in [0.3, 0.4) is 0 Å². The Morgan fingerprint density at radius 1 is 1.20 bits per heavy atom. The minimum atomic E-state index is -0.219. The molecule has 7 heteroatoms. The molecule has 1 aliphatic rings. The van der Waals surface area contributed by atoms with Crippen molar-refractivity contribution in [2.45, 2.75) is 20.4 Å². The van der Waals surface area contributed by atoms with E-state index in [0.29, 0.717) is 46.6 Å². The fourth-order valence-corrected chi connectivity index (χ4v) is 3.35. The average molecular weight is 406 g/mol. The zero-order valence-corrected chi connectivity index (χ0v) is 16.9. The lowest BCUT2D eigenvalue weighted by Gasteiger charge is -2.24. The van der Waals surface area contributed by atoms with Crippen LogP contribution < -0.4 is 19.1 Å². The van der Waals surface area contributed by atoms with Crippen LogP contribution in [0.25, 0.3) is 0 Å². The minimum absolute atomic E-state index is 0.162. The summed E-state index contributed by atoms with van der Waals surface area (Å²) >= 11 is 0. The van der Waals surface area contributed by atoms with Crippen LogP contribution >= 0.6 is 0 Å². The van der Waals surface area contributed by atoms with Gasteiger partial charge in [0.25, 0.3) is 5.91 Å². The summed E-state index contributed by atoms with van der Waals surface area (Å²) in [5.41, 5.74) is 2.51. The van der Waals surface area contributed by atoms with Crippen LogP contribution in [-0.2, 0) is 6.54 Å². The van der Waals surface area contributed by atoms with Crippen LogP contribution in [0.1, 0.15) is 27.4 Å². The van der Waals surface area contributed by atoms with E-state index in [1.54, 1.807) is 37.0 Å². The Hall–Kier alpha value is -3.74. The van der Waals surface area contributed by atoms with Gasteiger partial charge in [-0.05, 0) is 32.0 Å². The number of hydrogen-bond acceptors (Lipinski definition) is 6. The third kappa shape index (κ3) is 3.74. The van der Waals surface area contributed by atoms with Crippen LogP contribution in [0.15, 0.2) is 59.6 Å². The Bertz CT molecular complexity index is 1070. The summed E-state index contributed by atoms with van der Waals surface area (Å²) in [6.45, 7) is 8.00. The molecule has 1 aromatic heterocycles.